The first-order valence-corrected chi connectivity index (χ1v) is 9.40. The lowest BCUT2D eigenvalue weighted by atomic mass is 9.98. The highest BCUT2D eigenvalue weighted by atomic mass is 16.3. The van der Waals surface area contributed by atoms with Gasteiger partial charge in [0.05, 0.1) is 12.1 Å². The minimum absolute atomic E-state index is 0.0318. The van der Waals surface area contributed by atoms with E-state index in [1.807, 2.05) is 9.80 Å². The summed E-state index contributed by atoms with van der Waals surface area (Å²) < 4.78 is 0. The van der Waals surface area contributed by atoms with E-state index in [1.54, 1.807) is 0 Å². The summed E-state index contributed by atoms with van der Waals surface area (Å²) in [7, 11) is 0. The second kappa shape index (κ2) is 6.94. The van der Waals surface area contributed by atoms with E-state index >= 15 is 0 Å². The Kier molecular flexibility index (Phi) is 4.67. The van der Waals surface area contributed by atoms with Crippen molar-refractivity contribution >= 4 is 6.03 Å². The van der Waals surface area contributed by atoms with E-state index in [0.29, 0.717) is 13.1 Å². The van der Waals surface area contributed by atoms with Gasteiger partial charge in [-0.15, -0.1) is 0 Å². The van der Waals surface area contributed by atoms with Crippen LogP contribution in [0.4, 0.5) is 4.79 Å². The molecule has 2 amide bonds. The van der Waals surface area contributed by atoms with Gasteiger partial charge in [0.15, 0.2) is 0 Å². The molecule has 3 aliphatic rings. The molecule has 6 heteroatoms. The van der Waals surface area contributed by atoms with Gasteiger partial charge < -0.3 is 20.6 Å². The zero-order chi connectivity index (χ0) is 17.4. The maximum absolute atomic E-state index is 12.8. The minimum atomic E-state index is -0.471. The van der Waals surface area contributed by atoms with Gasteiger partial charge in [-0.05, 0) is 30.4 Å². The van der Waals surface area contributed by atoms with Crippen LogP contribution < -0.4 is 5.73 Å². The summed E-state index contributed by atoms with van der Waals surface area (Å²) in [5, 5.41) is 10.6. The van der Waals surface area contributed by atoms with E-state index in [9.17, 15) is 9.90 Å². The van der Waals surface area contributed by atoms with Crippen LogP contribution in [0.1, 0.15) is 24.0 Å². The van der Waals surface area contributed by atoms with Gasteiger partial charge in [0.2, 0.25) is 0 Å². The first kappa shape index (κ1) is 16.8. The van der Waals surface area contributed by atoms with Crippen molar-refractivity contribution in [3.05, 3.63) is 35.4 Å². The largest absolute Gasteiger partial charge is 0.390 e. The van der Waals surface area contributed by atoms with Gasteiger partial charge in [0.25, 0.3) is 0 Å². The Morgan fingerprint density at radius 2 is 1.76 bits per heavy atom. The second-order valence-corrected chi connectivity index (χ2v) is 7.64. The van der Waals surface area contributed by atoms with Crippen LogP contribution in [0.25, 0.3) is 0 Å². The number of nitrogens with zero attached hydrogens (tertiary/aromatic N) is 3. The summed E-state index contributed by atoms with van der Waals surface area (Å²) in [5.41, 5.74) is 8.68. The molecule has 3 aliphatic heterocycles. The SMILES string of the molecule is NC1CCN(C(=O)N2CC(O)C(N3CCc4ccccc4C3)C2)CC1. The predicted octanol–water partition coefficient (Wildman–Crippen LogP) is 0.633. The number of amides is 2. The molecule has 136 valence electrons. The molecule has 2 atom stereocenters. The molecule has 0 spiro atoms. The first-order valence-electron chi connectivity index (χ1n) is 9.40. The summed E-state index contributed by atoms with van der Waals surface area (Å²) in [6, 6.07) is 8.83. The fourth-order valence-corrected chi connectivity index (χ4v) is 4.38. The molecule has 0 aliphatic carbocycles. The van der Waals surface area contributed by atoms with Crippen molar-refractivity contribution in [3.63, 3.8) is 0 Å². The molecule has 2 unspecified atom stereocenters. The highest BCUT2D eigenvalue weighted by molar-refractivity contribution is 5.75. The van der Waals surface area contributed by atoms with Crippen LogP contribution in [0.2, 0.25) is 0 Å². The average Bonchev–Trinajstić information content (AvgIpc) is 3.03. The van der Waals surface area contributed by atoms with Crippen molar-refractivity contribution in [3.8, 4) is 0 Å². The zero-order valence-corrected chi connectivity index (χ0v) is 14.7. The zero-order valence-electron chi connectivity index (χ0n) is 14.7. The summed E-state index contributed by atoms with van der Waals surface area (Å²) in [6.45, 7) is 4.31. The van der Waals surface area contributed by atoms with Crippen molar-refractivity contribution in [2.45, 2.75) is 44.0 Å². The summed E-state index contributed by atoms with van der Waals surface area (Å²) in [4.78, 5) is 18.8. The predicted molar refractivity (Wildman–Crippen MR) is 96.1 cm³/mol. The summed E-state index contributed by atoms with van der Waals surface area (Å²) >= 11 is 0. The topological polar surface area (TPSA) is 73.0 Å². The number of piperidine rings is 1. The van der Waals surface area contributed by atoms with E-state index in [1.165, 1.54) is 11.1 Å². The molecule has 1 aromatic rings. The smallest absolute Gasteiger partial charge is 0.320 e. The Bertz CT molecular complexity index is 630. The molecule has 4 rings (SSSR count). The second-order valence-electron chi connectivity index (χ2n) is 7.64. The third kappa shape index (κ3) is 3.38. The van der Waals surface area contributed by atoms with Crippen LogP contribution in [0.15, 0.2) is 24.3 Å². The van der Waals surface area contributed by atoms with E-state index in [0.717, 1.165) is 45.4 Å². The molecule has 3 heterocycles. The number of aliphatic hydroxyl groups is 1. The molecule has 25 heavy (non-hydrogen) atoms. The van der Waals surface area contributed by atoms with Gasteiger partial charge >= 0.3 is 6.03 Å². The van der Waals surface area contributed by atoms with Crippen molar-refractivity contribution in [2.75, 3.05) is 32.7 Å². The first-order chi connectivity index (χ1) is 12.1. The van der Waals surface area contributed by atoms with Gasteiger partial charge in [-0.25, -0.2) is 4.79 Å². The van der Waals surface area contributed by atoms with Gasteiger partial charge in [-0.2, -0.15) is 0 Å². The van der Waals surface area contributed by atoms with Gasteiger partial charge in [-0.1, -0.05) is 24.3 Å². The van der Waals surface area contributed by atoms with Crippen LogP contribution >= 0.6 is 0 Å². The molecule has 1 aromatic carbocycles. The van der Waals surface area contributed by atoms with Gasteiger partial charge in [0, 0.05) is 45.3 Å². The normalized spacial score (nSPS) is 28.2. The van der Waals surface area contributed by atoms with E-state index in [4.69, 9.17) is 5.73 Å². The summed E-state index contributed by atoms with van der Waals surface area (Å²) in [5.74, 6) is 0. The maximum Gasteiger partial charge on any atom is 0.320 e. The van der Waals surface area contributed by atoms with Crippen molar-refractivity contribution in [2.24, 2.45) is 5.73 Å². The molecule has 0 saturated carbocycles. The van der Waals surface area contributed by atoms with Crippen LogP contribution in [-0.2, 0) is 13.0 Å². The highest BCUT2D eigenvalue weighted by Gasteiger charge is 2.40. The van der Waals surface area contributed by atoms with Gasteiger partial charge in [-0.3, -0.25) is 4.90 Å². The van der Waals surface area contributed by atoms with E-state index in [2.05, 4.69) is 29.2 Å². The van der Waals surface area contributed by atoms with Crippen molar-refractivity contribution in [1.29, 1.82) is 0 Å². The number of hydrogen-bond acceptors (Lipinski definition) is 4. The molecule has 2 saturated heterocycles. The number of aliphatic hydroxyl groups excluding tert-OH is 1. The fraction of sp³-hybridized carbons (Fsp3) is 0.632. The molecule has 0 aromatic heterocycles. The molecule has 6 nitrogen and oxygen atoms in total. The van der Waals surface area contributed by atoms with Crippen LogP contribution in [0, 0.1) is 0 Å². The number of fused-ring (bicyclic) bond motifs is 1. The number of carbonyl (C=O) groups is 1. The third-order valence-electron chi connectivity index (χ3n) is 5.97. The molecule has 3 N–H and O–H groups in total. The van der Waals surface area contributed by atoms with Crippen LogP contribution in [0.3, 0.4) is 0 Å². The molecular formula is C19H28N4O2. The lowest BCUT2D eigenvalue weighted by Crippen LogP contribution is -2.49. The Morgan fingerprint density at radius 1 is 1.04 bits per heavy atom. The number of rotatable bonds is 1. The standard InChI is InChI=1S/C19H28N4O2/c20-16-6-9-21(10-7-16)19(25)23-12-17(18(24)13-23)22-8-5-14-3-1-2-4-15(14)11-22/h1-4,16-18,24H,5-13,20H2. The number of likely N-dealkylation sites (tertiary alicyclic amines) is 2. The Labute approximate surface area is 149 Å². The molecule has 0 radical (unpaired) electrons. The third-order valence-corrected chi connectivity index (χ3v) is 5.97. The Balaban J connectivity index is 1.39. The fourth-order valence-electron chi connectivity index (χ4n) is 4.38. The lowest BCUT2D eigenvalue weighted by molar-refractivity contribution is 0.0745. The Morgan fingerprint density at radius 3 is 2.52 bits per heavy atom. The number of nitrogens with two attached hydrogens (primary N) is 1. The number of carbonyl (C=O) groups excluding carboxylic acids is 1. The summed E-state index contributed by atoms with van der Waals surface area (Å²) in [6.07, 6.45) is 2.28. The molecule has 0 bridgehead atoms. The number of urea groups is 1. The van der Waals surface area contributed by atoms with Crippen molar-refractivity contribution in [1.82, 2.24) is 14.7 Å². The highest BCUT2D eigenvalue weighted by Crippen LogP contribution is 2.25. The number of β-amino-alcohol motifs (C(OH)–C–C–N with tert-alkyl or cyclic N) is 1. The Hall–Kier alpha value is -1.63. The lowest BCUT2D eigenvalue weighted by Gasteiger charge is -2.35. The number of hydrogen-bond donors (Lipinski definition) is 2. The monoisotopic (exact) mass is 344 g/mol. The van der Waals surface area contributed by atoms with E-state index < -0.39 is 6.10 Å². The molecule has 2 fully saturated rings. The number of benzene rings is 1. The molecular weight excluding hydrogens is 316 g/mol. The van der Waals surface area contributed by atoms with Gasteiger partial charge in [0.1, 0.15) is 0 Å². The minimum Gasteiger partial charge on any atom is -0.390 e. The average molecular weight is 344 g/mol. The van der Waals surface area contributed by atoms with Crippen LogP contribution in [0.5, 0.6) is 0 Å². The van der Waals surface area contributed by atoms with Crippen LogP contribution in [-0.4, -0.2) is 76.7 Å². The van der Waals surface area contributed by atoms with Crippen molar-refractivity contribution < 1.29 is 9.90 Å². The maximum atomic E-state index is 12.8. The quantitative estimate of drug-likeness (QED) is 0.784. The van der Waals surface area contributed by atoms with E-state index in [-0.39, 0.29) is 18.1 Å².